The minimum absolute atomic E-state index is 0.0783. The van der Waals surface area contributed by atoms with Crippen LogP contribution >= 0.6 is 0 Å². The maximum atomic E-state index is 12.5. The van der Waals surface area contributed by atoms with Crippen molar-refractivity contribution >= 4 is 5.91 Å². The number of hydrogen-bond donors (Lipinski definition) is 2. The second-order valence-corrected chi connectivity index (χ2v) is 4.74. The summed E-state index contributed by atoms with van der Waals surface area (Å²) >= 11 is 0. The van der Waals surface area contributed by atoms with E-state index in [1.165, 1.54) is 0 Å². The lowest BCUT2D eigenvalue weighted by molar-refractivity contribution is 0.0508. The minimum Gasteiger partial charge on any atom is -0.395 e. The summed E-state index contributed by atoms with van der Waals surface area (Å²) < 4.78 is 25.1. The number of fused-ring (bicyclic) bond motifs is 1. The molecule has 1 aromatic carbocycles. The molecule has 0 saturated carbocycles. The quantitative estimate of drug-likeness (QED) is 0.849. The first-order valence-corrected chi connectivity index (χ1v) is 6.63. The predicted octanol–water partition coefficient (Wildman–Crippen LogP) is 1.03. The molecule has 1 amide bonds. The van der Waals surface area contributed by atoms with E-state index in [1.54, 1.807) is 12.1 Å². The maximum absolute atomic E-state index is 12.5. The highest BCUT2D eigenvalue weighted by molar-refractivity contribution is 5.96. The van der Waals surface area contributed by atoms with Crippen molar-refractivity contribution < 1.29 is 18.7 Å². The number of rotatable bonds is 5. The molecule has 4 nitrogen and oxygen atoms in total. The van der Waals surface area contributed by atoms with Crippen molar-refractivity contribution in [2.45, 2.75) is 19.4 Å². The lowest BCUT2D eigenvalue weighted by Crippen LogP contribution is -2.38. The van der Waals surface area contributed by atoms with E-state index in [9.17, 15) is 13.6 Å². The van der Waals surface area contributed by atoms with Crippen molar-refractivity contribution in [2.24, 2.45) is 0 Å². The Bertz CT molecular complexity index is 480. The van der Waals surface area contributed by atoms with Gasteiger partial charge in [-0.3, -0.25) is 4.79 Å². The predicted molar refractivity (Wildman–Crippen MR) is 70.8 cm³/mol. The van der Waals surface area contributed by atoms with Crippen LogP contribution < -0.4 is 5.32 Å². The van der Waals surface area contributed by atoms with Crippen molar-refractivity contribution in [3.63, 3.8) is 0 Å². The number of amides is 1. The molecule has 1 aliphatic rings. The Labute approximate surface area is 116 Å². The zero-order valence-electron chi connectivity index (χ0n) is 11.1. The van der Waals surface area contributed by atoms with Gasteiger partial charge in [-0.2, -0.15) is 0 Å². The van der Waals surface area contributed by atoms with Gasteiger partial charge in [-0.05, 0) is 30.2 Å². The SMILES string of the molecule is O=C(c1cccc2c1CCNC2)N(CCO)CC(F)F. The Hall–Kier alpha value is -1.53. The molecule has 1 heterocycles. The number of hydrogen-bond acceptors (Lipinski definition) is 3. The molecule has 1 aliphatic heterocycles. The van der Waals surface area contributed by atoms with Crippen LogP contribution in [0.5, 0.6) is 0 Å². The van der Waals surface area contributed by atoms with E-state index in [1.807, 2.05) is 6.07 Å². The van der Waals surface area contributed by atoms with Crippen LogP contribution in [0.4, 0.5) is 8.78 Å². The molecule has 0 spiro atoms. The monoisotopic (exact) mass is 284 g/mol. The van der Waals surface area contributed by atoms with Crippen LogP contribution in [-0.2, 0) is 13.0 Å². The summed E-state index contributed by atoms with van der Waals surface area (Å²) in [5.41, 5.74) is 2.43. The Morgan fingerprint density at radius 1 is 1.45 bits per heavy atom. The van der Waals surface area contributed by atoms with E-state index in [-0.39, 0.29) is 13.2 Å². The fourth-order valence-electron chi connectivity index (χ4n) is 2.47. The molecule has 20 heavy (non-hydrogen) atoms. The van der Waals surface area contributed by atoms with Crippen LogP contribution in [0.2, 0.25) is 0 Å². The summed E-state index contributed by atoms with van der Waals surface area (Å²) in [5.74, 6) is -0.432. The van der Waals surface area contributed by atoms with Crippen LogP contribution in [0.15, 0.2) is 18.2 Å². The molecule has 0 atom stereocenters. The normalized spacial score (nSPS) is 14.2. The summed E-state index contributed by atoms with van der Waals surface area (Å²) in [6, 6.07) is 5.36. The summed E-state index contributed by atoms with van der Waals surface area (Å²) in [5, 5.41) is 12.1. The summed E-state index contributed by atoms with van der Waals surface area (Å²) in [6.45, 7) is 0.402. The molecular weight excluding hydrogens is 266 g/mol. The van der Waals surface area contributed by atoms with Crippen LogP contribution in [0.1, 0.15) is 21.5 Å². The fourth-order valence-corrected chi connectivity index (χ4v) is 2.47. The first-order chi connectivity index (χ1) is 9.63. The largest absolute Gasteiger partial charge is 0.395 e. The maximum Gasteiger partial charge on any atom is 0.255 e. The van der Waals surface area contributed by atoms with E-state index < -0.39 is 18.9 Å². The zero-order chi connectivity index (χ0) is 14.5. The number of carbonyl (C=O) groups excluding carboxylic acids is 1. The number of halogens is 2. The number of alkyl halides is 2. The molecule has 0 radical (unpaired) electrons. The third-order valence-corrected chi connectivity index (χ3v) is 3.39. The van der Waals surface area contributed by atoms with E-state index in [4.69, 9.17) is 5.11 Å². The van der Waals surface area contributed by atoms with Crippen molar-refractivity contribution in [3.05, 3.63) is 34.9 Å². The zero-order valence-corrected chi connectivity index (χ0v) is 11.1. The standard InChI is InChI=1S/C14H18F2N2O2/c15-13(16)9-18(6-7-19)14(20)12-3-1-2-10-8-17-5-4-11(10)12/h1-3,13,17,19H,4-9H2. The first kappa shape index (κ1) is 14.9. The van der Waals surface area contributed by atoms with Crippen LogP contribution in [0.3, 0.4) is 0 Å². The van der Waals surface area contributed by atoms with Gasteiger partial charge in [0.25, 0.3) is 12.3 Å². The number of nitrogens with zero attached hydrogens (tertiary/aromatic N) is 1. The Kier molecular flexibility index (Phi) is 5.03. The molecule has 2 rings (SSSR count). The van der Waals surface area contributed by atoms with E-state index in [0.717, 1.165) is 22.6 Å². The van der Waals surface area contributed by atoms with Gasteiger partial charge in [0.2, 0.25) is 0 Å². The van der Waals surface area contributed by atoms with Crippen molar-refractivity contribution in [1.82, 2.24) is 10.2 Å². The number of benzene rings is 1. The van der Waals surface area contributed by atoms with Crippen LogP contribution in [0.25, 0.3) is 0 Å². The molecule has 0 aliphatic carbocycles. The third kappa shape index (κ3) is 3.32. The summed E-state index contributed by atoms with van der Waals surface area (Å²) in [4.78, 5) is 13.4. The molecule has 1 aromatic rings. The van der Waals surface area contributed by atoms with Gasteiger partial charge in [-0.15, -0.1) is 0 Å². The topological polar surface area (TPSA) is 52.6 Å². The molecule has 6 heteroatoms. The number of nitrogens with one attached hydrogen (secondary N) is 1. The Morgan fingerprint density at radius 3 is 2.95 bits per heavy atom. The van der Waals surface area contributed by atoms with Gasteiger partial charge in [-0.25, -0.2) is 8.78 Å². The van der Waals surface area contributed by atoms with Crippen molar-refractivity contribution in [1.29, 1.82) is 0 Å². The molecule has 0 aromatic heterocycles. The third-order valence-electron chi connectivity index (χ3n) is 3.39. The highest BCUT2D eigenvalue weighted by atomic mass is 19.3. The lowest BCUT2D eigenvalue weighted by atomic mass is 9.95. The van der Waals surface area contributed by atoms with Gasteiger partial charge >= 0.3 is 0 Å². The minimum atomic E-state index is -2.60. The van der Waals surface area contributed by atoms with Crippen molar-refractivity contribution in [2.75, 3.05) is 26.2 Å². The number of carbonyl (C=O) groups is 1. The van der Waals surface area contributed by atoms with Gasteiger partial charge in [0, 0.05) is 18.7 Å². The van der Waals surface area contributed by atoms with Gasteiger partial charge in [-0.1, -0.05) is 12.1 Å². The van der Waals surface area contributed by atoms with Crippen LogP contribution in [0, 0.1) is 0 Å². The van der Waals surface area contributed by atoms with E-state index in [0.29, 0.717) is 18.5 Å². The lowest BCUT2D eigenvalue weighted by Gasteiger charge is -2.25. The van der Waals surface area contributed by atoms with Crippen molar-refractivity contribution in [3.8, 4) is 0 Å². The highest BCUT2D eigenvalue weighted by Gasteiger charge is 2.23. The Morgan fingerprint density at radius 2 is 2.25 bits per heavy atom. The number of aliphatic hydroxyl groups is 1. The van der Waals surface area contributed by atoms with E-state index in [2.05, 4.69) is 5.32 Å². The Balaban J connectivity index is 2.26. The second kappa shape index (κ2) is 6.76. The number of aliphatic hydroxyl groups excluding tert-OH is 1. The fraction of sp³-hybridized carbons (Fsp3) is 0.500. The van der Waals surface area contributed by atoms with Gasteiger partial charge in [0.05, 0.1) is 13.2 Å². The molecular formula is C14H18F2N2O2. The molecule has 0 unspecified atom stereocenters. The second-order valence-electron chi connectivity index (χ2n) is 4.74. The molecule has 0 saturated heterocycles. The molecule has 0 bridgehead atoms. The summed E-state index contributed by atoms with van der Waals surface area (Å²) in [7, 11) is 0. The van der Waals surface area contributed by atoms with Gasteiger partial charge in [0.15, 0.2) is 0 Å². The van der Waals surface area contributed by atoms with Gasteiger partial charge in [0.1, 0.15) is 0 Å². The van der Waals surface area contributed by atoms with E-state index >= 15 is 0 Å². The molecule has 110 valence electrons. The van der Waals surface area contributed by atoms with Crippen LogP contribution in [-0.4, -0.2) is 48.6 Å². The van der Waals surface area contributed by atoms with Gasteiger partial charge < -0.3 is 15.3 Å². The molecule has 0 fully saturated rings. The smallest absolute Gasteiger partial charge is 0.255 e. The summed E-state index contributed by atoms with van der Waals surface area (Å²) in [6.07, 6.45) is -1.90. The average molecular weight is 284 g/mol. The highest BCUT2D eigenvalue weighted by Crippen LogP contribution is 2.20. The average Bonchev–Trinajstić information content (AvgIpc) is 2.45. The first-order valence-electron chi connectivity index (χ1n) is 6.63. The molecule has 2 N–H and O–H groups in total.